The number of hydrogen-bond donors (Lipinski definition) is 0. The summed E-state index contributed by atoms with van der Waals surface area (Å²) in [5.41, 5.74) is 1.64. The number of likely N-dealkylation sites (tertiary alicyclic amines) is 1. The summed E-state index contributed by atoms with van der Waals surface area (Å²) < 4.78 is 0. The zero-order chi connectivity index (χ0) is 12.4. The van der Waals surface area contributed by atoms with Gasteiger partial charge in [-0.15, -0.1) is 11.6 Å². The summed E-state index contributed by atoms with van der Waals surface area (Å²) in [5, 5.41) is 0.672. The Kier molecular flexibility index (Phi) is 3.95. The average Bonchev–Trinajstić information content (AvgIpc) is 2.31. The highest BCUT2D eigenvalue weighted by Gasteiger charge is 2.24. The number of amides is 1. The predicted molar refractivity (Wildman–Crippen MR) is 71.0 cm³/mol. The van der Waals surface area contributed by atoms with Crippen LogP contribution in [0.4, 0.5) is 0 Å². The van der Waals surface area contributed by atoms with E-state index < -0.39 is 0 Å². The fourth-order valence-corrected chi connectivity index (χ4v) is 2.60. The molecule has 0 aromatic heterocycles. The van der Waals surface area contributed by atoms with Crippen molar-refractivity contribution in [1.29, 1.82) is 0 Å². The zero-order valence-corrected chi connectivity index (χ0v) is 11.3. The number of benzene rings is 1. The van der Waals surface area contributed by atoms with Crippen LogP contribution in [0, 0.1) is 6.92 Å². The number of nitrogens with zero attached hydrogens (tertiary/aromatic N) is 1. The minimum atomic E-state index is 0.0374. The number of carbonyl (C=O) groups is 1. The first-order valence-corrected chi connectivity index (χ1v) is 6.59. The van der Waals surface area contributed by atoms with Crippen LogP contribution >= 0.6 is 23.2 Å². The lowest BCUT2D eigenvalue weighted by atomic mass is 10.1. The molecule has 1 atom stereocenters. The Morgan fingerprint density at radius 1 is 1.47 bits per heavy atom. The summed E-state index contributed by atoms with van der Waals surface area (Å²) in [7, 11) is 0. The second-order valence-corrected chi connectivity index (χ2v) is 5.50. The van der Waals surface area contributed by atoms with E-state index in [9.17, 15) is 4.79 Å². The molecule has 1 saturated heterocycles. The zero-order valence-electron chi connectivity index (χ0n) is 9.75. The lowest BCUT2D eigenvalue weighted by Crippen LogP contribution is -2.40. The molecule has 0 aliphatic carbocycles. The van der Waals surface area contributed by atoms with Gasteiger partial charge in [-0.3, -0.25) is 4.79 Å². The van der Waals surface area contributed by atoms with Crippen LogP contribution < -0.4 is 0 Å². The molecule has 4 heteroatoms. The second-order valence-electron chi connectivity index (χ2n) is 4.45. The van der Waals surface area contributed by atoms with Gasteiger partial charge in [0, 0.05) is 23.7 Å². The molecule has 1 unspecified atom stereocenters. The Labute approximate surface area is 112 Å². The standard InChI is InChI=1S/C13H15Cl2NO/c1-9-4-5-10(14)7-12(9)13(17)16-6-2-3-11(15)8-16/h4-5,7,11H,2-3,6,8H2,1H3. The average molecular weight is 272 g/mol. The molecule has 0 radical (unpaired) electrons. The molecule has 1 aliphatic rings. The summed E-state index contributed by atoms with van der Waals surface area (Å²) in [4.78, 5) is 14.1. The van der Waals surface area contributed by atoms with Gasteiger partial charge in [-0.05, 0) is 37.5 Å². The Balaban J connectivity index is 2.21. The van der Waals surface area contributed by atoms with Crippen molar-refractivity contribution in [1.82, 2.24) is 4.90 Å². The normalized spacial score (nSPS) is 20.4. The van der Waals surface area contributed by atoms with Crippen molar-refractivity contribution in [3.8, 4) is 0 Å². The van der Waals surface area contributed by atoms with Crippen LogP contribution in [0.15, 0.2) is 18.2 Å². The third-order valence-electron chi connectivity index (χ3n) is 3.08. The van der Waals surface area contributed by atoms with Crippen molar-refractivity contribution in [2.24, 2.45) is 0 Å². The lowest BCUT2D eigenvalue weighted by molar-refractivity contribution is 0.0726. The van der Waals surface area contributed by atoms with Crippen LogP contribution in [0.1, 0.15) is 28.8 Å². The lowest BCUT2D eigenvalue weighted by Gasteiger charge is -2.30. The summed E-state index contributed by atoms with van der Waals surface area (Å²) in [6.45, 7) is 3.34. The van der Waals surface area contributed by atoms with Crippen LogP contribution in [0.25, 0.3) is 0 Å². The number of aryl methyl sites for hydroxylation is 1. The molecule has 1 fully saturated rings. The number of hydrogen-bond acceptors (Lipinski definition) is 1. The Morgan fingerprint density at radius 3 is 2.94 bits per heavy atom. The van der Waals surface area contributed by atoms with Crippen LogP contribution in [0.3, 0.4) is 0 Å². The number of rotatable bonds is 1. The Hall–Kier alpha value is -0.730. The second kappa shape index (κ2) is 5.28. The first-order valence-electron chi connectivity index (χ1n) is 5.77. The van der Waals surface area contributed by atoms with Crippen molar-refractivity contribution >= 4 is 29.1 Å². The fraction of sp³-hybridized carbons (Fsp3) is 0.462. The van der Waals surface area contributed by atoms with Crippen LogP contribution in [0.2, 0.25) is 5.02 Å². The largest absolute Gasteiger partial charge is 0.337 e. The van der Waals surface area contributed by atoms with E-state index in [2.05, 4.69) is 0 Å². The van der Waals surface area contributed by atoms with E-state index in [0.29, 0.717) is 17.1 Å². The van der Waals surface area contributed by atoms with Gasteiger partial charge in [0.05, 0.1) is 5.38 Å². The first kappa shape index (κ1) is 12.7. The minimum absolute atomic E-state index is 0.0374. The summed E-state index contributed by atoms with van der Waals surface area (Å²) >= 11 is 12.0. The van der Waals surface area contributed by atoms with Gasteiger partial charge in [0.1, 0.15) is 0 Å². The Bertz CT molecular complexity index is 433. The van der Waals surface area contributed by atoms with Crippen molar-refractivity contribution in [2.45, 2.75) is 25.1 Å². The van der Waals surface area contributed by atoms with E-state index in [0.717, 1.165) is 24.9 Å². The third-order valence-corrected chi connectivity index (χ3v) is 3.67. The fourth-order valence-electron chi connectivity index (χ4n) is 2.10. The van der Waals surface area contributed by atoms with E-state index in [-0.39, 0.29) is 11.3 Å². The van der Waals surface area contributed by atoms with Crippen molar-refractivity contribution in [3.05, 3.63) is 34.3 Å². The van der Waals surface area contributed by atoms with Gasteiger partial charge in [-0.1, -0.05) is 17.7 Å². The number of carbonyl (C=O) groups excluding carboxylic acids is 1. The molecule has 0 bridgehead atoms. The minimum Gasteiger partial charge on any atom is -0.337 e. The number of alkyl halides is 1. The maximum Gasteiger partial charge on any atom is 0.254 e. The topological polar surface area (TPSA) is 20.3 Å². The highest BCUT2D eigenvalue weighted by Crippen LogP contribution is 2.21. The van der Waals surface area contributed by atoms with Crippen molar-refractivity contribution in [2.75, 3.05) is 13.1 Å². The third kappa shape index (κ3) is 2.93. The van der Waals surface area contributed by atoms with Gasteiger partial charge in [-0.25, -0.2) is 0 Å². The molecule has 1 aromatic rings. The molecule has 1 amide bonds. The van der Waals surface area contributed by atoms with Crippen LogP contribution in [0.5, 0.6) is 0 Å². The quantitative estimate of drug-likeness (QED) is 0.716. The van der Waals surface area contributed by atoms with Gasteiger partial charge in [0.25, 0.3) is 5.91 Å². The molecule has 0 saturated carbocycles. The molecule has 2 rings (SSSR count). The van der Waals surface area contributed by atoms with Gasteiger partial charge in [-0.2, -0.15) is 0 Å². The predicted octanol–water partition coefficient (Wildman–Crippen LogP) is 3.49. The molecule has 2 nitrogen and oxygen atoms in total. The molecule has 1 aliphatic heterocycles. The van der Waals surface area contributed by atoms with Crippen molar-refractivity contribution < 1.29 is 4.79 Å². The number of halogens is 2. The highest BCUT2D eigenvalue weighted by molar-refractivity contribution is 6.31. The summed E-state index contributed by atoms with van der Waals surface area (Å²) in [5.74, 6) is 0.0374. The molecule has 92 valence electrons. The first-order chi connectivity index (χ1) is 8.08. The van der Waals surface area contributed by atoms with E-state index >= 15 is 0 Å². The maximum absolute atomic E-state index is 12.3. The Morgan fingerprint density at radius 2 is 2.24 bits per heavy atom. The maximum atomic E-state index is 12.3. The van der Waals surface area contributed by atoms with Crippen molar-refractivity contribution in [3.63, 3.8) is 0 Å². The monoisotopic (exact) mass is 271 g/mol. The smallest absolute Gasteiger partial charge is 0.254 e. The molecule has 0 N–H and O–H groups in total. The van der Waals surface area contributed by atoms with Gasteiger partial charge >= 0.3 is 0 Å². The van der Waals surface area contributed by atoms with Gasteiger partial charge < -0.3 is 4.90 Å². The number of piperidine rings is 1. The molecular formula is C13H15Cl2NO. The molecular weight excluding hydrogens is 257 g/mol. The summed E-state index contributed by atoms with van der Waals surface area (Å²) in [6.07, 6.45) is 1.96. The SMILES string of the molecule is Cc1ccc(Cl)cc1C(=O)N1CCCC(Cl)C1. The van der Waals surface area contributed by atoms with Gasteiger partial charge in [0.2, 0.25) is 0 Å². The van der Waals surface area contributed by atoms with E-state index in [4.69, 9.17) is 23.2 Å². The van der Waals surface area contributed by atoms with Crippen LogP contribution in [-0.2, 0) is 0 Å². The molecule has 0 spiro atoms. The molecule has 1 heterocycles. The molecule has 1 aromatic carbocycles. The van der Waals surface area contributed by atoms with E-state index in [1.807, 2.05) is 17.9 Å². The highest BCUT2D eigenvalue weighted by atomic mass is 35.5. The van der Waals surface area contributed by atoms with E-state index in [1.54, 1.807) is 12.1 Å². The van der Waals surface area contributed by atoms with E-state index in [1.165, 1.54) is 0 Å². The van der Waals surface area contributed by atoms with Gasteiger partial charge in [0.15, 0.2) is 0 Å². The molecule has 17 heavy (non-hydrogen) atoms. The van der Waals surface area contributed by atoms with Crippen LogP contribution in [-0.4, -0.2) is 29.3 Å². The summed E-state index contributed by atoms with van der Waals surface area (Å²) in [6, 6.07) is 5.41.